The number of allylic oxidation sites excluding steroid dienone is 2. The molecule has 0 aromatic heterocycles. The van der Waals surface area contributed by atoms with Crippen molar-refractivity contribution in [2.45, 2.75) is 70.7 Å². The molecule has 140 valence electrons. The molecule has 1 nitrogen and oxygen atoms in total. The van der Waals surface area contributed by atoms with Crippen molar-refractivity contribution in [1.29, 1.82) is 0 Å². The van der Waals surface area contributed by atoms with Crippen molar-refractivity contribution in [1.82, 2.24) is 0 Å². The lowest BCUT2D eigenvalue weighted by Crippen LogP contribution is -2.53. The number of hydrogen-bond donors (Lipinski definition) is 0. The smallest absolute Gasteiger partial charge is 0.199 e. The van der Waals surface area contributed by atoms with Crippen LogP contribution < -0.4 is 0 Å². The van der Waals surface area contributed by atoms with Gasteiger partial charge >= 0.3 is 0 Å². The third-order valence-electron chi connectivity index (χ3n) is 6.40. The van der Waals surface area contributed by atoms with Gasteiger partial charge in [0.05, 0.1) is 6.10 Å². The van der Waals surface area contributed by atoms with Gasteiger partial charge in [-0.3, -0.25) is 0 Å². The molecule has 0 bridgehead atoms. The average Bonchev–Trinajstić information content (AvgIpc) is 2.90. The molecule has 2 heteroatoms. The standard InChI is InChI=1S/C24H34OSi/c1-16(2)13-22-24-21(15-26(25-22,17(3)4)18(5)6)14-19(7)23(24)20-11-9-8-10-12-20/h8-12,17-18,21-22H,1,7,13-15H2,2-6H3. The van der Waals surface area contributed by atoms with Gasteiger partial charge < -0.3 is 4.43 Å². The molecule has 1 aromatic rings. The Bertz CT molecular complexity index is 718. The molecule has 1 aromatic carbocycles. The van der Waals surface area contributed by atoms with E-state index in [9.17, 15) is 0 Å². The Morgan fingerprint density at radius 3 is 2.31 bits per heavy atom. The molecule has 0 spiro atoms. The predicted octanol–water partition coefficient (Wildman–Crippen LogP) is 7.15. The molecule has 26 heavy (non-hydrogen) atoms. The first kappa shape index (κ1) is 19.4. The van der Waals surface area contributed by atoms with Gasteiger partial charge in [0, 0.05) is 0 Å². The number of fused-ring (bicyclic) bond motifs is 1. The lowest BCUT2D eigenvalue weighted by Gasteiger charge is -2.48. The van der Waals surface area contributed by atoms with Crippen LogP contribution in [0.25, 0.3) is 5.57 Å². The van der Waals surface area contributed by atoms with Gasteiger partial charge in [0.2, 0.25) is 0 Å². The Hall–Kier alpha value is -1.38. The van der Waals surface area contributed by atoms with Crippen LogP contribution in [0.2, 0.25) is 17.1 Å². The summed E-state index contributed by atoms with van der Waals surface area (Å²) in [4.78, 5) is 0. The minimum atomic E-state index is -1.83. The molecule has 2 atom stereocenters. The molecule has 0 amide bonds. The zero-order valence-electron chi connectivity index (χ0n) is 17.1. The molecule has 2 aliphatic rings. The van der Waals surface area contributed by atoms with Gasteiger partial charge in [0.1, 0.15) is 0 Å². The lowest BCUT2D eigenvalue weighted by atomic mass is 9.91. The monoisotopic (exact) mass is 366 g/mol. The number of benzene rings is 1. The molecule has 1 heterocycles. The number of hydrogen-bond acceptors (Lipinski definition) is 1. The van der Waals surface area contributed by atoms with E-state index in [0.29, 0.717) is 17.0 Å². The molecule has 0 saturated carbocycles. The molecular formula is C24H34OSi. The van der Waals surface area contributed by atoms with Gasteiger partial charge in [-0.05, 0) is 65.1 Å². The Morgan fingerprint density at radius 2 is 1.77 bits per heavy atom. The maximum absolute atomic E-state index is 7.10. The van der Waals surface area contributed by atoms with E-state index in [4.69, 9.17) is 4.43 Å². The molecule has 2 unspecified atom stereocenters. The van der Waals surface area contributed by atoms with Crippen LogP contribution >= 0.6 is 0 Å². The first-order valence-electron chi connectivity index (χ1n) is 10.1. The molecule has 1 saturated heterocycles. The van der Waals surface area contributed by atoms with Gasteiger partial charge in [-0.1, -0.05) is 70.2 Å². The number of rotatable bonds is 5. The van der Waals surface area contributed by atoms with E-state index in [1.165, 1.54) is 33.9 Å². The van der Waals surface area contributed by atoms with Crippen molar-refractivity contribution in [3.05, 3.63) is 65.8 Å². The highest BCUT2D eigenvalue weighted by atomic mass is 28.4. The van der Waals surface area contributed by atoms with Crippen LogP contribution in [0.4, 0.5) is 0 Å². The third-order valence-corrected chi connectivity index (χ3v) is 12.2. The second-order valence-corrected chi connectivity index (χ2v) is 13.8. The van der Waals surface area contributed by atoms with Gasteiger partial charge in [0.25, 0.3) is 0 Å². The summed E-state index contributed by atoms with van der Waals surface area (Å²) in [6.45, 7) is 20.3. The van der Waals surface area contributed by atoms with E-state index in [0.717, 1.165) is 12.8 Å². The second-order valence-electron chi connectivity index (χ2n) is 8.94. The summed E-state index contributed by atoms with van der Waals surface area (Å²) in [5, 5.41) is 0. The van der Waals surface area contributed by atoms with E-state index in [-0.39, 0.29) is 6.10 Å². The van der Waals surface area contributed by atoms with E-state index < -0.39 is 8.32 Å². The molecule has 0 radical (unpaired) electrons. The quantitative estimate of drug-likeness (QED) is 0.397. The van der Waals surface area contributed by atoms with Crippen LogP contribution in [0, 0.1) is 5.92 Å². The summed E-state index contributed by atoms with van der Waals surface area (Å²) in [5.41, 5.74) is 7.95. The van der Waals surface area contributed by atoms with Crippen molar-refractivity contribution in [3.8, 4) is 0 Å². The summed E-state index contributed by atoms with van der Waals surface area (Å²) in [6, 6.07) is 12.0. The average molecular weight is 367 g/mol. The Balaban J connectivity index is 2.12. The zero-order valence-corrected chi connectivity index (χ0v) is 18.1. The molecule has 1 fully saturated rings. The second kappa shape index (κ2) is 7.32. The molecule has 3 rings (SSSR count). The predicted molar refractivity (Wildman–Crippen MR) is 116 cm³/mol. The van der Waals surface area contributed by atoms with Gasteiger partial charge in [-0.25, -0.2) is 0 Å². The largest absolute Gasteiger partial charge is 0.409 e. The van der Waals surface area contributed by atoms with Crippen LogP contribution in [-0.2, 0) is 4.43 Å². The SMILES string of the molecule is C=C(C)CC1O[Si](C(C)C)(C(C)C)CC2CC(=C)C(c3ccccc3)=C21. The van der Waals surface area contributed by atoms with Gasteiger partial charge in [0.15, 0.2) is 8.32 Å². The van der Waals surface area contributed by atoms with E-state index in [1.54, 1.807) is 0 Å². The fourth-order valence-corrected chi connectivity index (χ4v) is 9.93. The summed E-state index contributed by atoms with van der Waals surface area (Å²) in [6.07, 6.45) is 2.21. The van der Waals surface area contributed by atoms with Crippen LogP contribution in [0.3, 0.4) is 0 Å². The van der Waals surface area contributed by atoms with Crippen LogP contribution in [0.5, 0.6) is 0 Å². The zero-order chi connectivity index (χ0) is 19.1. The van der Waals surface area contributed by atoms with Gasteiger partial charge in [-0.2, -0.15) is 0 Å². The van der Waals surface area contributed by atoms with Gasteiger partial charge in [-0.15, -0.1) is 6.58 Å². The topological polar surface area (TPSA) is 9.23 Å². The summed E-state index contributed by atoms with van der Waals surface area (Å²) in [7, 11) is -1.83. The van der Waals surface area contributed by atoms with Crippen LogP contribution in [-0.4, -0.2) is 14.4 Å². The van der Waals surface area contributed by atoms with Crippen LogP contribution in [0.1, 0.15) is 53.0 Å². The minimum Gasteiger partial charge on any atom is -0.409 e. The van der Waals surface area contributed by atoms with E-state index in [1.807, 2.05) is 0 Å². The summed E-state index contributed by atoms with van der Waals surface area (Å²) < 4.78 is 7.10. The lowest BCUT2D eigenvalue weighted by molar-refractivity contribution is 0.178. The fourth-order valence-electron chi connectivity index (χ4n) is 5.14. The van der Waals surface area contributed by atoms with Crippen molar-refractivity contribution in [2.24, 2.45) is 5.92 Å². The molecule has 1 aliphatic heterocycles. The molecule has 0 N–H and O–H groups in total. The van der Waals surface area contributed by atoms with Crippen molar-refractivity contribution in [2.75, 3.05) is 0 Å². The van der Waals surface area contributed by atoms with E-state index in [2.05, 4.69) is 78.1 Å². The minimum absolute atomic E-state index is 0.178. The summed E-state index contributed by atoms with van der Waals surface area (Å²) >= 11 is 0. The third kappa shape index (κ3) is 3.30. The highest BCUT2D eigenvalue weighted by molar-refractivity contribution is 6.76. The molecular weight excluding hydrogens is 332 g/mol. The highest BCUT2D eigenvalue weighted by Gasteiger charge is 2.52. The normalized spacial score (nSPS) is 25.1. The summed E-state index contributed by atoms with van der Waals surface area (Å²) in [5.74, 6) is 0.604. The maximum atomic E-state index is 7.10. The Morgan fingerprint density at radius 1 is 1.15 bits per heavy atom. The van der Waals surface area contributed by atoms with Crippen molar-refractivity contribution < 1.29 is 4.43 Å². The van der Waals surface area contributed by atoms with E-state index >= 15 is 0 Å². The van der Waals surface area contributed by atoms with Crippen molar-refractivity contribution >= 4 is 13.9 Å². The Kier molecular flexibility index (Phi) is 5.46. The van der Waals surface area contributed by atoms with Crippen LogP contribution in [0.15, 0.2) is 60.2 Å². The Labute approximate surface area is 161 Å². The first-order valence-corrected chi connectivity index (χ1v) is 12.3. The fraction of sp³-hybridized carbons (Fsp3) is 0.500. The first-order chi connectivity index (χ1) is 12.3. The van der Waals surface area contributed by atoms with Crippen molar-refractivity contribution in [3.63, 3.8) is 0 Å². The highest BCUT2D eigenvalue weighted by Crippen LogP contribution is 2.55. The maximum Gasteiger partial charge on any atom is 0.199 e. The molecule has 1 aliphatic carbocycles.